The number of rotatable bonds is 3. The molecule has 7 heteroatoms. The van der Waals surface area contributed by atoms with Crippen LogP contribution in [0.3, 0.4) is 0 Å². The van der Waals surface area contributed by atoms with Crippen molar-refractivity contribution in [2.45, 2.75) is 11.8 Å². The highest BCUT2D eigenvalue weighted by Gasteiger charge is 2.17. The summed E-state index contributed by atoms with van der Waals surface area (Å²) in [5.41, 5.74) is 0.232. The molecule has 0 saturated heterocycles. The highest BCUT2D eigenvalue weighted by Crippen LogP contribution is 2.24. The summed E-state index contributed by atoms with van der Waals surface area (Å²) in [6.45, 7) is 1.44. The number of hydrogen-bond acceptors (Lipinski definition) is 3. The van der Waals surface area contributed by atoms with Crippen molar-refractivity contribution < 1.29 is 12.8 Å². The predicted octanol–water partition coefficient (Wildman–Crippen LogP) is 3.57. The van der Waals surface area contributed by atoms with E-state index in [0.717, 1.165) is 10.5 Å². The number of sulfonamides is 1. The third kappa shape index (κ3) is 3.40. The van der Waals surface area contributed by atoms with Crippen molar-refractivity contribution in [1.82, 2.24) is 0 Å². The molecule has 2 aromatic carbocycles. The fourth-order valence-corrected chi connectivity index (χ4v) is 3.04. The van der Waals surface area contributed by atoms with Crippen LogP contribution in [0.5, 0.6) is 0 Å². The molecule has 0 saturated carbocycles. The minimum absolute atomic E-state index is 0.0478. The van der Waals surface area contributed by atoms with Crippen LogP contribution in [-0.4, -0.2) is 8.42 Å². The van der Waals surface area contributed by atoms with Gasteiger partial charge in [-0.25, -0.2) is 12.8 Å². The zero-order chi connectivity index (χ0) is 15.6. The number of halogens is 2. The van der Waals surface area contributed by atoms with Gasteiger partial charge in [-0.05, 0) is 43.3 Å². The zero-order valence-corrected chi connectivity index (χ0v) is 13.3. The largest absolute Gasteiger partial charge is 0.279 e. The minimum Gasteiger partial charge on any atom is -0.279 e. The van der Waals surface area contributed by atoms with E-state index in [1.165, 1.54) is 25.1 Å². The van der Waals surface area contributed by atoms with Crippen LogP contribution in [0.15, 0.2) is 45.8 Å². The highest BCUT2D eigenvalue weighted by atomic mass is 79.9. The van der Waals surface area contributed by atoms with Crippen LogP contribution in [0.25, 0.3) is 0 Å². The number of nitrogens with one attached hydrogen (secondary N) is 1. The highest BCUT2D eigenvalue weighted by molar-refractivity contribution is 9.10. The maximum absolute atomic E-state index is 13.7. The van der Waals surface area contributed by atoms with Crippen molar-refractivity contribution in [3.8, 4) is 6.07 Å². The third-order valence-corrected chi connectivity index (χ3v) is 4.75. The van der Waals surface area contributed by atoms with Gasteiger partial charge in [0.2, 0.25) is 0 Å². The Morgan fingerprint density at radius 3 is 2.43 bits per heavy atom. The van der Waals surface area contributed by atoms with Gasteiger partial charge in [-0.15, -0.1) is 0 Å². The van der Waals surface area contributed by atoms with Crippen LogP contribution in [0.1, 0.15) is 11.1 Å². The van der Waals surface area contributed by atoms with Gasteiger partial charge >= 0.3 is 0 Å². The molecule has 0 unspecified atom stereocenters. The summed E-state index contributed by atoms with van der Waals surface area (Å²) < 4.78 is 41.2. The Balaban J connectivity index is 2.44. The lowest BCUT2D eigenvalue weighted by atomic mass is 10.1. The molecule has 0 radical (unpaired) electrons. The Kier molecular flexibility index (Phi) is 4.30. The zero-order valence-electron chi connectivity index (χ0n) is 10.9. The quantitative estimate of drug-likeness (QED) is 0.899. The van der Waals surface area contributed by atoms with E-state index in [9.17, 15) is 12.8 Å². The van der Waals surface area contributed by atoms with Crippen molar-refractivity contribution in [2.24, 2.45) is 0 Å². The first kappa shape index (κ1) is 15.5. The molecule has 2 aromatic rings. The molecule has 0 bridgehead atoms. The lowest BCUT2D eigenvalue weighted by Crippen LogP contribution is -2.14. The number of hydrogen-bond donors (Lipinski definition) is 1. The number of nitrogens with zero attached hydrogens (tertiary/aromatic N) is 1. The van der Waals surface area contributed by atoms with Gasteiger partial charge in [-0.1, -0.05) is 15.9 Å². The van der Waals surface area contributed by atoms with Gasteiger partial charge in [0.05, 0.1) is 22.2 Å². The Bertz CT molecular complexity index is 827. The maximum atomic E-state index is 13.7. The van der Waals surface area contributed by atoms with Crippen molar-refractivity contribution >= 4 is 31.6 Å². The summed E-state index contributed by atoms with van der Waals surface area (Å²) in [6.07, 6.45) is 0. The topological polar surface area (TPSA) is 70.0 Å². The fourth-order valence-electron chi connectivity index (χ4n) is 1.67. The summed E-state index contributed by atoms with van der Waals surface area (Å²) in [7, 11) is -3.84. The average molecular weight is 369 g/mol. The Morgan fingerprint density at radius 1 is 1.24 bits per heavy atom. The van der Waals surface area contributed by atoms with E-state index in [0.29, 0.717) is 0 Å². The Morgan fingerprint density at radius 2 is 1.86 bits per heavy atom. The Hall–Kier alpha value is -1.91. The summed E-state index contributed by atoms with van der Waals surface area (Å²) in [4.78, 5) is 0.0490. The second kappa shape index (κ2) is 5.84. The number of nitriles is 1. The number of anilines is 1. The first-order valence-electron chi connectivity index (χ1n) is 5.82. The van der Waals surface area contributed by atoms with Gasteiger partial charge in [0.15, 0.2) is 0 Å². The van der Waals surface area contributed by atoms with Crippen molar-refractivity contribution in [3.63, 3.8) is 0 Å². The molecule has 21 heavy (non-hydrogen) atoms. The summed E-state index contributed by atoms with van der Waals surface area (Å²) in [6, 6.07) is 10.2. The molecule has 0 amide bonds. The molecule has 0 spiro atoms. The van der Waals surface area contributed by atoms with E-state index < -0.39 is 15.8 Å². The molecule has 0 aliphatic carbocycles. The van der Waals surface area contributed by atoms with Crippen LogP contribution in [0.4, 0.5) is 10.1 Å². The molecule has 0 heterocycles. The molecule has 0 aromatic heterocycles. The maximum Gasteiger partial charge on any atom is 0.261 e. The molecular weight excluding hydrogens is 359 g/mol. The minimum atomic E-state index is -3.84. The van der Waals surface area contributed by atoms with E-state index in [4.69, 9.17) is 5.26 Å². The summed E-state index contributed by atoms with van der Waals surface area (Å²) in [5, 5.41) is 8.82. The van der Waals surface area contributed by atoms with Gasteiger partial charge in [0.1, 0.15) is 5.82 Å². The lowest BCUT2D eigenvalue weighted by molar-refractivity contribution is 0.600. The van der Waals surface area contributed by atoms with Crippen molar-refractivity contribution in [3.05, 3.63) is 57.8 Å². The van der Waals surface area contributed by atoms with Crippen LogP contribution in [0, 0.1) is 24.1 Å². The normalized spacial score (nSPS) is 11.0. The standard InChI is InChI=1S/C14H10BrFN2O2S/c1-9-13(16)6-10(8-17)7-14(9)18-21(19,20)12-4-2-11(15)3-5-12/h2-7,18H,1H3. The second-order valence-corrected chi connectivity index (χ2v) is 6.90. The van der Waals surface area contributed by atoms with E-state index in [-0.39, 0.29) is 21.7 Å². The summed E-state index contributed by atoms with van der Waals surface area (Å²) >= 11 is 3.22. The Labute approximate surface area is 130 Å². The molecule has 0 aliphatic rings. The average Bonchev–Trinajstić information content (AvgIpc) is 2.43. The predicted molar refractivity (Wildman–Crippen MR) is 80.8 cm³/mol. The van der Waals surface area contributed by atoms with E-state index in [1.54, 1.807) is 18.2 Å². The van der Waals surface area contributed by atoms with Gasteiger partial charge in [0.25, 0.3) is 10.0 Å². The molecule has 1 N–H and O–H groups in total. The molecule has 0 atom stereocenters. The van der Waals surface area contributed by atoms with Crippen molar-refractivity contribution in [1.29, 1.82) is 5.26 Å². The molecule has 0 aliphatic heterocycles. The van der Waals surface area contributed by atoms with Gasteiger partial charge in [-0.2, -0.15) is 5.26 Å². The van der Waals surface area contributed by atoms with Crippen LogP contribution >= 0.6 is 15.9 Å². The van der Waals surface area contributed by atoms with Gasteiger partial charge in [-0.3, -0.25) is 4.72 Å². The molecule has 2 rings (SSSR count). The molecule has 0 fully saturated rings. The first-order chi connectivity index (χ1) is 9.83. The van der Waals surface area contributed by atoms with E-state index in [1.807, 2.05) is 0 Å². The van der Waals surface area contributed by atoms with Crippen LogP contribution < -0.4 is 4.72 Å². The van der Waals surface area contributed by atoms with Gasteiger partial charge in [0, 0.05) is 10.0 Å². The first-order valence-corrected chi connectivity index (χ1v) is 8.10. The monoisotopic (exact) mass is 368 g/mol. The smallest absolute Gasteiger partial charge is 0.261 e. The van der Waals surface area contributed by atoms with Crippen LogP contribution in [-0.2, 0) is 10.0 Å². The summed E-state index contributed by atoms with van der Waals surface area (Å²) in [5.74, 6) is -0.637. The van der Waals surface area contributed by atoms with Crippen molar-refractivity contribution in [2.75, 3.05) is 4.72 Å². The van der Waals surface area contributed by atoms with Gasteiger partial charge < -0.3 is 0 Å². The second-order valence-electron chi connectivity index (χ2n) is 4.30. The fraction of sp³-hybridized carbons (Fsp3) is 0.0714. The molecule has 4 nitrogen and oxygen atoms in total. The number of benzene rings is 2. The molecule has 108 valence electrons. The lowest BCUT2D eigenvalue weighted by Gasteiger charge is -2.11. The third-order valence-electron chi connectivity index (χ3n) is 2.84. The SMILES string of the molecule is Cc1c(F)cc(C#N)cc1NS(=O)(=O)c1ccc(Br)cc1. The van der Waals surface area contributed by atoms with E-state index >= 15 is 0 Å². The van der Waals surface area contributed by atoms with Crippen LogP contribution in [0.2, 0.25) is 0 Å². The molecular formula is C14H10BrFN2O2S. The van der Waals surface area contributed by atoms with E-state index in [2.05, 4.69) is 20.7 Å².